The molecule has 4 rings (SSSR count). The van der Waals surface area contributed by atoms with Gasteiger partial charge in [0.1, 0.15) is 4.90 Å². The molecular formula is C23H31N9O4S. The third-order valence-corrected chi connectivity index (χ3v) is 7.37. The lowest BCUT2D eigenvalue weighted by Crippen LogP contribution is -2.47. The summed E-state index contributed by atoms with van der Waals surface area (Å²) < 4.78 is 29.5. The lowest BCUT2D eigenvalue weighted by atomic mass is 10.1. The second-order valence-electron chi connectivity index (χ2n) is 9.95. The van der Waals surface area contributed by atoms with Crippen LogP contribution in [0.4, 0.5) is 10.7 Å². The molecule has 3 aromatic rings. The Morgan fingerprint density at radius 1 is 1.14 bits per heavy atom. The van der Waals surface area contributed by atoms with Gasteiger partial charge in [0.25, 0.3) is 5.95 Å². The maximum atomic E-state index is 12.7. The highest BCUT2D eigenvalue weighted by Gasteiger charge is 2.23. The van der Waals surface area contributed by atoms with Crippen LogP contribution in [0.25, 0.3) is 16.8 Å². The number of piperidine rings is 1. The SMILES string of the molecule is CC(C)(C)NS(=O)(=O)c1cncc(-c2ccc3nc(NC(=O)NCC(=O)N4CCC(N)CC4)nn3c2)c1. The highest BCUT2D eigenvalue weighted by molar-refractivity contribution is 7.89. The average molecular weight is 530 g/mol. The topological polar surface area (TPSA) is 177 Å². The number of urea groups is 1. The van der Waals surface area contributed by atoms with E-state index in [1.807, 2.05) is 0 Å². The van der Waals surface area contributed by atoms with Crippen molar-refractivity contribution in [2.45, 2.75) is 50.1 Å². The first-order chi connectivity index (χ1) is 17.4. The van der Waals surface area contributed by atoms with Gasteiger partial charge in [-0.05, 0) is 51.8 Å². The van der Waals surface area contributed by atoms with Crippen LogP contribution in [0.1, 0.15) is 33.6 Å². The second kappa shape index (κ2) is 10.4. The molecule has 1 saturated heterocycles. The molecule has 0 spiro atoms. The Kier molecular flexibility index (Phi) is 7.43. The van der Waals surface area contributed by atoms with E-state index in [-0.39, 0.29) is 29.3 Å². The second-order valence-corrected chi connectivity index (χ2v) is 11.6. The van der Waals surface area contributed by atoms with E-state index < -0.39 is 21.6 Å². The number of rotatable bonds is 6. The van der Waals surface area contributed by atoms with Crippen molar-refractivity contribution in [1.82, 2.24) is 34.5 Å². The van der Waals surface area contributed by atoms with Crippen LogP contribution in [0.3, 0.4) is 0 Å². The predicted octanol–water partition coefficient (Wildman–Crippen LogP) is 0.939. The van der Waals surface area contributed by atoms with Crippen LogP contribution in [0.2, 0.25) is 0 Å². The van der Waals surface area contributed by atoms with Crippen molar-refractivity contribution in [1.29, 1.82) is 0 Å². The van der Waals surface area contributed by atoms with Gasteiger partial charge in [-0.15, -0.1) is 5.10 Å². The molecule has 37 heavy (non-hydrogen) atoms. The quantitative estimate of drug-likeness (QED) is 0.364. The zero-order chi connectivity index (χ0) is 26.8. The number of aromatic nitrogens is 4. The van der Waals surface area contributed by atoms with Gasteiger partial charge in [-0.25, -0.2) is 22.4 Å². The van der Waals surface area contributed by atoms with Crippen molar-refractivity contribution in [3.8, 4) is 11.1 Å². The molecule has 0 saturated carbocycles. The number of nitrogens with zero attached hydrogens (tertiary/aromatic N) is 5. The lowest BCUT2D eigenvalue weighted by Gasteiger charge is -2.30. The molecule has 14 heteroatoms. The van der Waals surface area contributed by atoms with Gasteiger partial charge in [0.2, 0.25) is 15.9 Å². The van der Waals surface area contributed by atoms with Crippen molar-refractivity contribution in [3.63, 3.8) is 0 Å². The zero-order valence-corrected chi connectivity index (χ0v) is 21.7. The minimum Gasteiger partial charge on any atom is -0.341 e. The molecule has 0 bridgehead atoms. The summed E-state index contributed by atoms with van der Waals surface area (Å²) in [5.74, 6) is -0.125. The zero-order valence-electron chi connectivity index (χ0n) is 20.9. The van der Waals surface area contributed by atoms with Crippen molar-refractivity contribution in [3.05, 3.63) is 36.8 Å². The van der Waals surface area contributed by atoms with Crippen LogP contribution < -0.4 is 21.1 Å². The smallest absolute Gasteiger partial charge is 0.322 e. The van der Waals surface area contributed by atoms with E-state index in [0.29, 0.717) is 29.9 Å². The van der Waals surface area contributed by atoms with Gasteiger partial charge in [-0.1, -0.05) is 0 Å². The molecule has 198 valence electrons. The number of nitrogens with one attached hydrogen (secondary N) is 3. The largest absolute Gasteiger partial charge is 0.341 e. The van der Waals surface area contributed by atoms with Crippen LogP contribution in [0.5, 0.6) is 0 Å². The van der Waals surface area contributed by atoms with Gasteiger partial charge < -0.3 is 16.0 Å². The minimum absolute atomic E-state index is 0.0413. The molecule has 3 amide bonds. The van der Waals surface area contributed by atoms with E-state index in [1.54, 1.807) is 50.2 Å². The molecule has 3 aromatic heterocycles. The van der Waals surface area contributed by atoms with Crippen LogP contribution >= 0.6 is 0 Å². The summed E-state index contributed by atoms with van der Waals surface area (Å²) in [7, 11) is -3.76. The normalized spacial score (nSPS) is 15.1. The standard InChI is InChI=1S/C23H31N9O4S/c1-23(2,3)30-37(35,36)18-10-16(11-25-12-18)15-4-5-19-27-21(29-32(19)14-15)28-22(34)26-13-20(33)31-8-6-17(24)7-9-31/h4-5,10-12,14,17,30H,6-9,13,24H2,1-3H3,(H2,26,28,29,34). The van der Waals surface area contributed by atoms with Gasteiger partial charge in [-0.3, -0.25) is 15.1 Å². The summed E-state index contributed by atoms with van der Waals surface area (Å²) in [5.41, 5.74) is 6.91. The molecule has 1 aliphatic heterocycles. The third kappa shape index (κ3) is 6.78. The molecule has 5 N–H and O–H groups in total. The predicted molar refractivity (Wildman–Crippen MR) is 137 cm³/mol. The van der Waals surface area contributed by atoms with Crippen LogP contribution in [-0.2, 0) is 14.8 Å². The Bertz CT molecular complexity index is 1410. The molecule has 1 aliphatic rings. The van der Waals surface area contributed by atoms with Gasteiger partial charge in [0.15, 0.2) is 5.65 Å². The number of sulfonamides is 1. The summed E-state index contributed by atoms with van der Waals surface area (Å²) in [6.45, 7) is 6.29. The monoisotopic (exact) mass is 529 g/mol. The number of carbonyl (C=O) groups is 2. The van der Waals surface area contributed by atoms with Crippen LogP contribution in [0, 0.1) is 0 Å². The highest BCUT2D eigenvalue weighted by Crippen LogP contribution is 2.23. The number of amides is 3. The first-order valence-electron chi connectivity index (χ1n) is 11.8. The summed E-state index contributed by atoms with van der Waals surface area (Å²) in [5, 5.41) is 9.30. The number of hydrogen-bond acceptors (Lipinski definition) is 8. The number of pyridine rings is 2. The molecule has 0 radical (unpaired) electrons. The van der Waals surface area contributed by atoms with Gasteiger partial charge in [0, 0.05) is 54.4 Å². The fourth-order valence-electron chi connectivity index (χ4n) is 3.85. The molecule has 0 unspecified atom stereocenters. The highest BCUT2D eigenvalue weighted by atomic mass is 32.2. The summed E-state index contributed by atoms with van der Waals surface area (Å²) >= 11 is 0. The van der Waals surface area contributed by atoms with Gasteiger partial charge in [0.05, 0.1) is 6.54 Å². The Morgan fingerprint density at radius 2 is 1.86 bits per heavy atom. The molecule has 4 heterocycles. The Labute approximate surface area is 214 Å². The number of nitrogens with two attached hydrogens (primary N) is 1. The molecule has 1 fully saturated rings. The Balaban J connectivity index is 1.42. The first-order valence-corrected chi connectivity index (χ1v) is 13.3. The summed E-state index contributed by atoms with van der Waals surface area (Å²) in [4.78, 5) is 34.6. The average Bonchev–Trinajstić information content (AvgIpc) is 3.23. The number of likely N-dealkylation sites (tertiary alicyclic amines) is 1. The van der Waals surface area contributed by atoms with E-state index in [0.717, 1.165) is 12.8 Å². The Hall–Kier alpha value is -3.62. The Morgan fingerprint density at radius 3 is 2.57 bits per heavy atom. The van der Waals surface area contributed by atoms with E-state index in [4.69, 9.17) is 5.73 Å². The van der Waals surface area contributed by atoms with Crippen molar-refractivity contribution >= 4 is 33.6 Å². The fraction of sp³-hybridized carbons (Fsp3) is 0.435. The minimum atomic E-state index is -3.76. The van der Waals surface area contributed by atoms with Gasteiger partial charge in [-0.2, -0.15) is 4.98 Å². The number of anilines is 1. The van der Waals surface area contributed by atoms with Gasteiger partial charge >= 0.3 is 6.03 Å². The molecule has 0 aliphatic carbocycles. The lowest BCUT2D eigenvalue weighted by molar-refractivity contribution is -0.131. The number of hydrogen-bond donors (Lipinski definition) is 4. The third-order valence-electron chi connectivity index (χ3n) is 5.65. The first kappa shape index (κ1) is 26.4. The van der Waals surface area contributed by atoms with Crippen LogP contribution in [0.15, 0.2) is 41.7 Å². The van der Waals surface area contributed by atoms with E-state index in [9.17, 15) is 18.0 Å². The molecular weight excluding hydrogens is 498 g/mol. The van der Waals surface area contributed by atoms with Crippen molar-refractivity contribution < 1.29 is 18.0 Å². The fourth-order valence-corrected chi connectivity index (χ4v) is 5.26. The summed E-state index contributed by atoms with van der Waals surface area (Å²) in [6, 6.07) is 4.47. The van der Waals surface area contributed by atoms with E-state index in [1.165, 1.54) is 16.8 Å². The van der Waals surface area contributed by atoms with Crippen LogP contribution in [-0.4, -0.2) is 76.1 Å². The van der Waals surface area contributed by atoms with E-state index in [2.05, 4.69) is 30.4 Å². The number of carbonyl (C=O) groups excluding carboxylic acids is 2. The molecule has 0 aromatic carbocycles. The van der Waals surface area contributed by atoms with Crippen molar-refractivity contribution in [2.75, 3.05) is 25.0 Å². The maximum Gasteiger partial charge on any atom is 0.322 e. The number of fused-ring (bicyclic) bond motifs is 1. The molecule has 0 atom stereocenters. The summed E-state index contributed by atoms with van der Waals surface area (Å²) in [6.07, 6.45) is 5.98. The molecule has 13 nitrogen and oxygen atoms in total. The van der Waals surface area contributed by atoms with Crippen molar-refractivity contribution in [2.24, 2.45) is 5.73 Å². The van der Waals surface area contributed by atoms with E-state index >= 15 is 0 Å². The maximum absolute atomic E-state index is 12.7.